The summed E-state index contributed by atoms with van der Waals surface area (Å²) in [7, 11) is -2.30. The van der Waals surface area contributed by atoms with Crippen LogP contribution in [0.1, 0.15) is 15.2 Å². The number of fused-ring (bicyclic) bond motifs is 1. The summed E-state index contributed by atoms with van der Waals surface area (Å²) in [5, 5.41) is 13.6. The molecule has 10 heteroatoms. The number of rotatable bonds is 7. The summed E-state index contributed by atoms with van der Waals surface area (Å²) in [6, 6.07) is 19.7. The highest BCUT2D eigenvalue weighted by molar-refractivity contribution is 7.68. The lowest BCUT2D eigenvalue weighted by Crippen LogP contribution is -2.16. The Morgan fingerprint density at radius 3 is 2.53 bits per heavy atom. The number of aromatic carboxylic acids is 1. The SMILES string of the molecule is COP(=O)(Nc1cc(-c2ccc(-c3cc4ncccc4o3)cc2)sc1C(=O)O)c1ccc(Cl)cc1C. The average Bonchev–Trinajstić information content (AvgIpc) is 3.48. The predicted molar refractivity (Wildman–Crippen MR) is 144 cm³/mol. The maximum Gasteiger partial charge on any atom is 0.348 e. The molecule has 0 bridgehead atoms. The molecule has 5 rings (SSSR count). The predicted octanol–water partition coefficient (Wildman–Crippen LogP) is 7.46. The van der Waals surface area contributed by atoms with E-state index in [1.54, 1.807) is 37.4 Å². The number of benzene rings is 2. The van der Waals surface area contributed by atoms with Crippen LogP contribution in [0, 0.1) is 6.92 Å². The largest absolute Gasteiger partial charge is 0.477 e. The molecular weight excluding hydrogens is 519 g/mol. The number of thiophene rings is 1. The van der Waals surface area contributed by atoms with E-state index in [9.17, 15) is 14.5 Å². The number of carboxylic acids is 1. The number of pyridine rings is 1. The standard InChI is InChI=1S/C26H20ClN2O5PS/c1-15-12-18(27)9-10-23(15)35(32,33-2)29-20-14-24(36-25(20)26(30)31)17-7-5-16(6-8-17)22-13-19-21(34-22)4-3-11-28-19/h3-14H,1-2H3,(H,29,32)(H,30,31). The second kappa shape index (κ2) is 9.56. The third kappa shape index (κ3) is 4.56. The van der Waals surface area contributed by atoms with Gasteiger partial charge in [0.25, 0.3) is 0 Å². The van der Waals surface area contributed by atoms with Crippen LogP contribution in [0.5, 0.6) is 0 Å². The minimum absolute atomic E-state index is 0.0290. The van der Waals surface area contributed by atoms with Crippen LogP contribution in [0.15, 0.2) is 77.3 Å². The molecular formula is C26H20ClN2O5PS. The molecule has 3 aromatic heterocycles. The number of nitrogens with one attached hydrogen (secondary N) is 1. The van der Waals surface area contributed by atoms with Gasteiger partial charge in [-0.25, -0.2) is 4.79 Å². The van der Waals surface area contributed by atoms with Crippen molar-refractivity contribution in [1.29, 1.82) is 0 Å². The lowest BCUT2D eigenvalue weighted by atomic mass is 10.1. The molecule has 0 saturated carbocycles. The topological polar surface area (TPSA) is 102 Å². The van der Waals surface area contributed by atoms with Crippen LogP contribution in [-0.4, -0.2) is 23.2 Å². The zero-order valence-electron chi connectivity index (χ0n) is 19.2. The van der Waals surface area contributed by atoms with Gasteiger partial charge < -0.3 is 19.1 Å². The van der Waals surface area contributed by atoms with Gasteiger partial charge in [0.05, 0.1) is 11.0 Å². The first-order valence-electron chi connectivity index (χ1n) is 10.8. The number of halogens is 1. The average molecular weight is 539 g/mol. The number of hydrogen-bond acceptors (Lipinski definition) is 6. The molecule has 1 unspecified atom stereocenters. The number of carboxylic acid groups (broad SMARTS) is 1. The molecule has 0 amide bonds. The second-order valence-corrected chi connectivity index (χ2v) is 11.7. The highest BCUT2D eigenvalue weighted by Crippen LogP contribution is 2.49. The summed E-state index contributed by atoms with van der Waals surface area (Å²) < 4.78 is 25.0. The van der Waals surface area contributed by atoms with Gasteiger partial charge >= 0.3 is 13.5 Å². The molecule has 0 spiro atoms. The molecule has 36 heavy (non-hydrogen) atoms. The molecule has 1 atom stereocenters. The maximum atomic E-state index is 13.7. The first-order chi connectivity index (χ1) is 17.3. The van der Waals surface area contributed by atoms with E-state index in [2.05, 4.69) is 10.1 Å². The van der Waals surface area contributed by atoms with Gasteiger partial charge in [-0.1, -0.05) is 35.9 Å². The molecule has 182 valence electrons. The Morgan fingerprint density at radius 1 is 1.11 bits per heavy atom. The Kier molecular flexibility index (Phi) is 6.45. The summed E-state index contributed by atoms with van der Waals surface area (Å²) in [5.74, 6) is -0.440. The first-order valence-corrected chi connectivity index (χ1v) is 13.6. The van der Waals surface area contributed by atoms with Crippen LogP contribution in [0.4, 0.5) is 5.69 Å². The van der Waals surface area contributed by atoms with Crippen molar-refractivity contribution in [3.8, 4) is 21.8 Å². The normalized spacial score (nSPS) is 13.0. The number of carbonyl (C=O) groups is 1. The molecule has 0 aliphatic rings. The summed E-state index contributed by atoms with van der Waals surface area (Å²) >= 11 is 7.13. The smallest absolute Gasteiger partial charge is 0.348 e. The van der Waals surface area contributed by atoms with Gasteiger partial charge in [-0.15, -0.1) is 11.3 Å². The number of nitrogens with zero attached hydrogens (tertiary/aromatic N) is 1. The Morgan fingerprint density at radius 2 is 1.86 bits per heavy atom. The van der Waals surface area contributed by atoms with Gasteiger partial charge in [0.15, 0.2) is 5.58 Å². The molecule has 5 aromatic rings. The third-order valence-electron chi connectivity index (χ3n) is 5.67. The van der Waals surface area contributed by atoms with Crippen molar-refractivity contribution >= 4 is 58.5 Å². The molecule has 0 radical (unpaired) electrons. The lowest BCUT2D eigenvalue weighted by Gasteiger charge is -2.20. The highest BCUT2D eigenvalue weighted by Gasteiger charge is 2.30. The van der Waals surface area contributed by atoms with E-state index >= 15 is 0 Å². The number of hydrogen-bond donors (Lipinski definition) is 2. The van der Waals surface area contributed by atoms with Crippen molar-refractivity contribution < 1.29 is 23.4 Å². The third-order valence-corrected chi connectivity index (χ3v) is 9.26. The number of anilines is 1. The molecule has 3 heterocycles. The Bertz CT molecular complexity index is 1610. The fourth-order valence-corrected chi connectivity index (χ4v) is 6.86. The van der Waals surface area contributed by atoms with Crippen molar-refractivity contribution in [2.24, 2.45) is 0 Å². The Labute approximate surface area is 215 Å². The van der Waals surface area contributed by atoms with Gasteiger partial charge in [-0.2, -0.15) is 0 Å². The van der Waals surface area contributed by atoms with E-state index < -0.39 is 13.5 Å². The summed E-state index contributed by atoms with van der Waals surface area (Å²) in [4.78, 5) is 17.0. The second-order valence-electron chi connectivity index (χ2n) is 8.01. The van der Waals surface area contributed by atoms with Crippen LogP contribution in [-0.2, 0) is 9.09 Å². The number of furan rings is 1. The highest BCUT2D eigenvalue weighted by atomic mass is 35.5. The van der Waals surface area contributed by atoms with Crippen LogP contribution < -0.4 is 10.4 Å². The number of aryl methyl sites for hydroxylation is 1. The molecule has 0 saturated heterocycles. The minimum Gasteiger partial charge on any atom is -0.477 e. The van der Waals surface area contributed by atoms with Crippen molar-refractivity contribution in [2.45, 2.75) is 6.92 Å². The number of aromatic nitrogens is 1. The van der Waals surface area contributed by atoms with Crippen LogP contribution >= 0.6 is 30.5 Å². The van der Waals surface area contributed by atoms with E-state index in [0.717, 1.165) is 28.0 Å². The van der Waals surface area contributed by atoms with E-state index in [1.807, 2.05) is 42.5 Å². The molecule has 0 fully saturated rings. The van der Waals surface area contributed by atoms with Crippen LogP contribution in [0.2, 0.25) is 5.02 Å². The van der Waals surface area contributed by atoms with Gasteiger partial charge in [0.1, 0.15) is 16.2 Å². The quantitative estimate of drug-likeness (QED) is 0.207. The summed E-state index contributed by atoms with van der Waals surface area (Å²) in [6.45, 7) is 1.77. The molecule has 7 nitrogen and oxygen atoms in total. The monoisotopic (exact) mass is 538 g/mol. The molecule has 0 aliphatic carbocycles. The van der Waals surface area contributed by atoms with Gasteiger partial charge in [-0.3, -0.25) is 9.55 Å². The lowest BCUT2D eigenvalue weighted by molar-refractivity contribution is 0.0703. The summed E-state index contributed by atoms with van der Waals surface area (Å²) in [5.41, 5.74) is 4.04. The Hall–Kier alpha value is -3.42. The van der Waals surface area contributed by atoms with Crippen LogP contribution in [0.25, 0.3) is 32.9 Å². The molecule has 2 N–H and O–H groups in total. The van der Waals surface area contributed by atoms with Crippen molar-refractivity contribution in [3.63, 3.8) is 0 Å². The van der Waals surface area contributed by atoms with Gasteiger partial charge in [-0.05, 0) is 54.4 Å². The zero-order valence-corrected chi connectivity index (χ0v) is 21.7. The fourth-order valence-electron chi connectivity index (χ4n) is 3.90. The van der Waals surface area contributed by atoms with Crippen LogP contribution in [0.3, 0.4) is 0 Å². The maximum absolute atomic E-state index is 13.7. The molecule has 2 aromatic carbocycles. The molecule has 0 aliphatic heterocycles. The Balaban J connectivity index is 1.48. The van der Waals surface area contributed by atoms with E-state index in [4.69, 9.17) is 20.5 Å². The van der Waals surface area contributed by atoms with Gasteiger partial charge in [0, 0.05) is 34.8 Å². The summed E-state index contributed by atoms with van der Waals surface area (Å²) in [6.07, 6.45) is 1.71. The zero-order chi connectivity index (χ0) is 25.4. The first kappa shape index (κ1) is 24.3. The minimum atomic E-state index is -3.62. The van der Waals surface area contributed by atoms with Crippen molar-refractivity contribution in [1.82, 2.24) is 4.98 Å². The van der Waals surface area contributed by atoms with Crippen molar-refractivity contribution in [2.75, 3.05) is 12.2 Å². The van der Waals surface area contributed by atoms with E-state index in [1.165, 1.54) is 7.11 Å². The van der Waals surface area contributed by atoms with E-state index in [-0.39, 0.29) is 10.6 Å². The van der Waals surface area contributed by atoms with Gasteiger partial charge in [0.2, 0.25) is 0 Å². The van der Waals surface area contributed by atoms with E-state index in [0.29, 0.717) is 32.1 Å². The fraction of sp³-hybridized carbons (Fsp3) is 0.0769. The van der Waals surface area contributed by atoms with Crippen molar-refractivity contribution in [3.05, 3.63) is 88.4 Å².